The van der Waals surface area contributed by atoms with Crippen LogP contribution in [0.2, 0.25) is 0 Å². The van der Waals surface area contributed by atoms with Gasteiger partial charge in [-0.2, -0.15) is 8.78 Å². The molecule has 0 spiro atoms. The van der Waals surface area contributed by atoms with Gasteiger partial charge in [-0.05, 0) is 18.2 Å². The molecule has 0 saturated heterocycles. The first-order valence-corrected chi connectivity index (χ1v) is 5.70. The van der Waals surface area contributed by atoms with Crippen LogP contribution < -0.4 is 10.5 Å². The van der Waals surface area contributed by atoms with Crippen molar-refractivity contribution in [2.75, 3.05) is 13.7 Å². The fourth-order valence-electron chi connectivity index (χ4n) is 1.47. The first-order valence-electron chi connectivity index (χ1n) is 5.70. The number of rotatable bonds is 7. The van der Waals surface area contributed by atoms with Crippen molar-refractivity contribution in [2.24, 2.45) is 10.9 Å². The van der Waals surface area contributed by atoms with E-state index >= 15 is 0 Å². The van der Waals surface area contributed by atoms with Crippen molar-refractivity contribution in [1.29, 1.82) is 0 Å². The van der Waals surface area contributed by atoms with E-state index in [1.807, 2.05) is 0 Å². The maximum Gasteiger partial charge on any atom is 0.330 e. The monoisotopic (exact) mass is 310 g/mol. The predicted octanol–water partition coefficient (Wildman–Crippen LogP) is 2.21. The average molecular weight is 310 g/mol. The van der Waals surface area contributed by atoms with Gasteiger partial charge in [-0.15, -0.1) is 0 Å². The highest BCUT2D eigenvalue weighted by Crippen LogP contribution is 2.25. The molecule has 0 aliphatic carbocycles. The summed E-state index contributed by atoms with van der Waals surface area (Å²) in [4.78, 5) is 0. The molecule has 5 nitrogen and oxygen atoms in total. The molecule has 0 bridgehead atoms. The summed E-state index contributed by atoms with van der Waals surface area (Å²) in [5, 5.41) is 11.4. The largest absolute Gasteiger partial charge is 0.496 e. The Morgan fingerprint density at radius 1 is 1.43 bits per heavy atom. The fourth-order valence-corrected chi connectivity index (χ4v) is 1.47. The Bertz CT molecular complexity index is 509. The van der Waals surface area contributed by atoms with Gasteiger partial charge in [0.1, 0.15) is 12.4 Å². The van der Waals surface area contributed by atoms with E-state index in [2.05, 4.69) is 9.89 Å². The van der Waals surface area contributed by atoms with E-state index in [0.717, 1.165) is 0 Å². The Kier molecular flexibility index (Phi) is 5.77. The van der Waals surface area contributed by atoms with Crippen molar-refractivity contribution in [1.82, 2.24) is 0 Å². The lowest BCUT2D eigenvalue weighted by molar-refractivity contribution is -0.168. The highest BCUT2D eigenvalue weighted by Gasteiger charge is 2.40. The number of alkyl halides is 4. The van der Waals surface area contributed by atoms with E-state index in [0.29, 0.717) is 16.9 Å². The molecule has 118 valence electrons. The maximum atomic E-state index is 12.7. The van der Waals surface area contributed by atoms with Crippen LogP contribution in [0.25, 0.3) is 0 Å². The smallest absolute Gasteiger partial charge is 0.330 e. The first kappa shape index (κ1) is 17.0. The minimum atomic E-state index is -4.23. The van der Waals surface area contributed by atoms with Crippen molar-refractivity contribution >= 4 is 5.84 Å². The molecule has 0 atom stereocenters. The van der Waals surface area contributed by atoms with E-state index < -0.39 is 25.6 Å². The summed E-state index contributed by atoms with van der Waals surface area (Å²) in [5.74, 6) is -4.13. The standard InChI is InChI=1S/C12H14F4N2O3/c1-20-9-3-2-7(10(17)18-19)4-8(9)5-21-6-12(15,16)11(13)14/h2-4,11,19H,5-6H2,1H3,(H2,17,18). The van der Waals surface area contributed by atoms with E-state index in [-0.39, 0.29) is 5.84 Å². The van der Waals surface area contributed by atoms with Gasteiger partial charge in [0.15, 0.2) is 5.84 Å². The molecule has 0 heterocycles. The van der Waals surface area contributed by atoms with Gasteiger partial charge in [-0.25, -0.2) is 8.78 Å². The molecule has 0 aliphatic rings. The number of hydrogen-bond donors (Lipinski definition) is 2. The maximum absolute atomic E-state index is 12.7. The van der Waals surface area contributed by atoms with Crippen molar-refractivity contribution in [3.8, 4) is 5.75 Å². The Balaban J connectivity index is 2.82. The first-order chi connectivity index (χ1) is 9.81. The molecule has 1 rings (SSSR count). The summed E-state index contributed by atoms with van der Waals surface area (Å²) in [6.07, 6.45) is -3.80. The lowest BCUT2D eigenvalue weighted by Gasteiger charge is -2.16. The predicted molar refractivity (Wildman–Crippen MR) is 66.1 cm³/mol. The number of ether oxygens (including phenoxy) is 2. The summed E-state index contributed by atoms with van der Waals surface area (Å²) in [5.41, 5.74) is 5.99. The molecule has 3 N–H and O–H groups in total. The number of methoxy groups -OCH3 is 1. The fraction of sp³-hybridized carbons (Fsp3) is 0.417. The van der Waals surface area contributed by atoms with E-state index in [1.165, 1.54) is 25.3 Å². The van der Waals surface area contributed by atoms with Crippen LogP contribution in [-0.2, 0) is 11.3 Å². The van der Waals surface area contributed by atoms with Gasteiger partial charge in [-0.3, -0.25) is 0 Å². The highest BCUT2D eigenvalue weighted by molar-refractivity contribution is 5.97. The topological polar surface area (TPSA) is 77.1 Å². The highest BCUT2D eigenvalue weighted by atomic mass is 19.3. The molecular formula is C12H14F4N2O3. The number of hydrogen-bond acceptors (Lipinski definition) is 4. The second-order valence-corrected chi connectivity index (χ2v) is 4.07. The third-order valence-electron chi connectivity index (χ3n) is 2.56. The van der Waals surface area contributed by atoms with E-state index in [9.17, 15) is 17.6 Å². The van der Waals surface area contributed by atoms with Crippen LogP contribution >= 0.6 is 0 Å². The quantitative estimate of drug-likeness (QED) is 0.266. The average Bonchev–Trinajstić information content (AvgIpc) is 2.45. The van der Waals surface area contributed by atoms with Crippen LogP contribution in [0.4, 0.5) is 17.6 Å². The third-order valence-corrected chi connectivity index (χ3v) is 2.56. The summed E-state index contributed by atoms with van der Waals surface area (Å²) in [6.45, 7) is -1.82. The Morgan fingerprint density at radius 2 is 2.10 bits per heavy atom. The molecular weight excluding hydrogens is 296 g/mol. The van der Waals surface area contributed by atoms with Crippen molar-refractivity contribution < 1.29 is 32.2 Å². The number of halogens is 4. The molecule has 0 aliphatic heterocycles. The Hall–Kier alpha value is -2.03. The van der Waals surface area contributed by atoms with Crippen LogP contribution in [-0.4, -0.2) is 37.1 Å². The number of amidine groups is 1. The van der Waals surface area contributed by atoms with Gasteiger partial charge in [0.05, 0.1) is 13.7 Å². The lowest BCUT2D eigenvalue weighted by atomic mass is 10.1. The summed E-state index contributed by atoms with van der Waals surface area (Å²) >= 11 is 0. The van der Waals surface area contributed by atoms with Gasteiger partial charge < -0.3 is 20.4 Å². The number of nitrogens with two attached hydrogens (primary N) is 1. The van der Waals surface area contributed by atoms with Gasteiger partial charge in [-0.1, -0.05) is 5.16 Å². The van der Waals surface area contributed by atoms with Crippen LogP contribution in [0.3, 0.4) is 0 Å². The summed E-state index contributed by atoms with van der Waals surface area (Å²) in [7, 11) is 1.34. The molecule has 0 aromatic heterocycles. The molecule has 1 aromatic carbocycles. The van der Waals surface area contributed by atoms with Gasteiger partial charge in [0, 0.05) is 11.1 Å². The molecule has 0 unspecified atom stereocenters. The molecule has 1 aromatic rings. The van der Waals surface area contributed by atoms with Crippen LogP contribution in [0.15, 0.2) is 23.4 Å². The second-order valence-electron chi connectivity index (χ2n) is 4.07. The Labute approximate surface area is 117 Å². The van der Waals surface area contributed by atoms with E-state index in [1.54, 1.807) is 0 Å². The lowest BCUT2D eigenvalue weighted by Crippen LogP contribution is -2.32. The molecule has 0 radical (unpaired) electrons. The third kappa shape index (κ3) is 4.48. The molecule has 0 amide bonds. The number of oxime groups is 1. The Morgan fingerprint density at radius 3 is 2.62 bits per heavy atom. The van der Waals surface area contributed by atoms with E-state index in [4.69, 9.17) is 15.7 Å². The normalized spacial score (nSPS) is 12.8. The second kappa shape index (κ2) is 7.11. The number of nitrogens with zero attached hydrogens (tertiary/aromatic N) is 1. The van der Waals surface area contributed by atoms with Crippen molar-refractivity contribution in [3.05, 3.63) is 29.3 Å². The van der Waals surface area contributed by atoms with Crippen LogP contribution in [0.1, 0.15) is 11.1 Å². The summed E-state index contributed by atoms with van der Waals surface area (Å²) < 4.78 is 59.0. The minimum Gasteiger partial charge on any atom is -0.496 e. The van der Waals surface area contributed by atoms with Crippen molar-refractivity contribution in [3.63, 3.8) is 0 Å². The molecule has 0 saturated carbocycles. The molecule has 9 heteroatoms. The van der Waals surface area contributed by atoms with Gasteiger partial charge >= 0.3 is 12.3 Å². The minimum absolute atomic E-state index is 0.197. The van der Waals surface area contributed by atoms with Crippen LogP contribution in [0, 0.1) is 0 Å². The SMILES string of the molecule is COc1ccc(/C(N)=N/O)cc1COCC(F)(F)C(F)F. The van der Waals surface area contributed by atoms with Gasteiger partial charge in [0.25, 0.3) is 0 Å². The van der Waals surface area contributed by atoms with Crippen LogP contribution in [0.5, 0.6) is 5.75 Å². The zero-order valence-corrected chi connectivity index (χ0v) is 11.0. The summed E-state index contributed by atoms with van der Waals surface area (Å²) in [6, 6.07) is 4.32. The zero-order valence-electron chi connectivity index (χ0n) is 11.0. The van der Waals surface area contributed by atoms with Crippen molar-refractivity contribution in [2.45, 2.75) is 19.0 Å². The number of benzene rings is 1. The van der Waals surface area contributed by atoms with Gasteiger partial charge in [0.2, 0.25) is 0 Å². The zero-order chi connectivity index (χ0) is 16.0. The molecule has 21 heavy (non-hydrogen) atoms. The molecule has 0 fully saturated rings.